The fourth-order valence-electron chi connectivity index (χ4n) is 3.84. The molecule has 4 rings (SSSR count). The van der Waals surface area contributed by atoms with Crippen molar-refractivity contribution >= 4 is 0 Å². The minimum absolute atomic E-state index is 0.471. The lowest BCUT2D eigenvalue weighted by atomic mass is 9.85. The summed E-state index contributed by atoms with van der Waals surface area (Å²) in [4.78, 5) is 0. The molecule has 2 atom stereocenters. The van der Waals surface area contributed by atoms with Crippen LogP contribution >= 0.6 is 0 Å². The van der Waals surface area contributed by atoms with Crippen LogP contribution in [0, 0.1) is 0 Å². The molecule has 0 amide bonds. The Kier molecular flexibility index (Phi) is 3.50. The molecule has 0 saturated carbocycles. The van der Waals surface area contributed by atoms with Crippen LogP contribution in [-0.4, -0.2) is 13.1 Å². The smallest absolute Gasteiger partial charge is 0.0341 e. The fourth-order valence-corrected chi connectivity index (χ4v) is 3.84. The van der Waals surface area contributed by atoms with Gasteiger partial charge >= 0.3 is 0 Å². The Morgan fingerprint density at radius 3 is 1.71 bits per heavy atom. The van der Waals surface area contributed by atoms with Gasteiger partial charge in [-0.25, -0.2) is 0 Å². The normalized spacial score (nSPS) is 24.2. The lowest BCUT2D eigenvalue weighted by Crippen LogP contribution is -2.36. The monoisotopic (exact) mass is 278 g/mol. The average Bonchev–Trinajstić information content (AvgIpc) is 2.56. The van der Waals surface area contributed by atoms with Gasteiger partial charge in [-0.1, -0.05) is 48.5 Å². The van der Waals surface area contributed by atoms with Crippen LogP contribution in [0.15, 0.2) is 48.5 Å². The van der Waals surface area contributed by atoms with Crippen LogP contribution in [0.5, 0.6) is 0 Å². The van der Waals surface area contributed by atoms with Gasteiger partial charge in [0.15, 0.2) is 0 Å². The van der Waals surface area contributed by atoms with Crippen LogP contribution in [0.25, 0.3) is 0 Å². The van der Waals surface area contributed by atoms with Crippen LogP contribution in [0.1, 0.15) is 40.8 Å². The molecule has 2 heterocycles. The molecule has 2 aliphatic rings. The molecular weight excluding hydrogens is 256 g/mol. The molecule has 2 N–H and O–H groups in total. The minimum atomic E-state index is 0.471. The second kappa shape index (κ2) is 5.63. The Morgan fingerprint density at radius 1 is 0.714 bits per heavy atom. The topological polar surface area (TPSA) is 24.1 Å². The maximum absolute atomic E-state index is 3.71. The maximum Gasteiger partial charge on any atom is 0.0341 e. The quantitative estimate of drug-likeness (QED) is 0.882. The Balaban J connectivity index is 1.61. The second-order valence-corrected chi connectivity index (χ2v) is 6.15. The van der Waals surface area contributed by atoms with Gasteiger partial charge in [-0.3, -0.25) is 0 Å². The van der Waals surface area contributed by atoms with E-state index in [0.717, 1.165) is 32.4 Å². The summed E-state index contributed by atoms with van der Waals surface area (Å²) in [5, 5.41) is 7.43. The largest absolute Gasteiger partial charge is 0.310 e. The summed E-state index contributed by atoms with van der Waals surface area (Å²) >= 11 is 0. The zero-order valence-corrected chi connectivity index (χ0v) is 12.3. The Labute approximate surface area is 126 Å². The molecule has 2 nitrogen and oxygen atoms in total. The number of hydrogen-bond acceptors (Lipinski definition) is 2. The summed E-state index contributed by atoms with van der Waals surface area (Å²) in [6, 6.07) is 18.8. The van der Waals surface area contributed by atoms with Crippen molar-refractivity contribution in [2.75, 3.05) is 13.1 Å². The molecule has 108 valence electrons. The molecule has 2 heteroatoms. The van der Waals surface area contributed by atoms with Crippen LogP contribution in [0.3, 0.4) is 0 Å². The van der Waals surface area contributed by atoms with Gasteiger partial charge in [-0.15, -0.1) is 0 Å². The molecule has 2 aromatic carbocycles. The Bertz CT molecular complexity index is 579. The molecular formula is C19H22N2. The minimum Gasteiger partial charge on any atom is -0.310 e. The van der Waals surface area contributed by atoms with E-state index >= 15 is 0 Å². The SMILES string of the molecule is c1ccc2c(c1)CCNC2CC1NCCc2ccccc21. The highest BCUT2D eigenvalue weighted by molar-refractivity contribution is 5.35. The standard InChI is InChI=1S/C19H22N2/c1-3-7-16-14(5-1)9-11-20-18(16)13-19-17-8-4-2-6-15(17)10-12-21-19/h1-8,18-21H,9-13H2. The first kappa shape index (κ1) is 13.1. The maximum atomic E-state index is 3.71. The molecule has 0 radical (unpaired) electrons. The van der Waals surface area contributed by atoms with E-state index in [0.29, 0.717) is 12.1 Å². The van der Waals surface area contributed by atoms with Crippen LogP contribution < -0.4 is 10.6 Å². The first-order chi connectivity index (χ1) is 10.4. The number of fused-ring (bicyclic) bond motifs is 2. The molecule has 21 heavy (non-hydrogen) atoms. The highest BCUT2D eigenvalue weighted by Gasteiger charge is 2.26. The first-order valence-electron chi connectivity index (χ1n) is 8.04. The highest BCUT2D eigenvalue weighted by Crippen LogP contribution is 2.33. The van der Waals surface area contributed by atoms with Crippen molar-refractivity contribution in [3.63, 3.8) is 0 Å². The van der Waals surface area contributed by atoms with Gasteiger partial charge in [-0.05, 0) is 54.6 Å². The number of hydrogen-bond donors (Lipinski definition) is 2. The highest BCUT2D eigenvalue weighted by atomic mass is 15.0. The van der Waals surface area contributed by atoms with Crippen molar-refractivity contribution in [2.45, 2.75) is 31.3 Å². The van der Waals surface area contributed by atoms with Crippen molar-refractivity contribution in [2.24, 2.45) is 0 Å². The second-order valence-electron chi connectivity index (χ2n) is 6.15. The van der Waals surface area contributed by atoms with Crippen molar-refractivity contribution in [3.8, 4) is 0 Å². The van der Waals surface area contributed by atoms with Crippen LogP contribution in [0.2, 0.25) is 0 Å². The zero-order chi connectivity index (χ0) is 14.1. The molecule has 2 aliphatic heterocycles. The number of benzene rings is 2. The lowest BCUT2D eigenvalue weighted by molar-refractivity contribution is 0.384. The number of nitrogens with one attached hydrogen (secondary N) is 2. The Hall–Kier alpha value is -1.64. The van der Waals surface area contributed by atoms with Gasteiger partial charge in [0.2, 0.25) is 0 Å². The van der Waals surface area contributed by atoms with Crippen molar-refractivity contribution in [3.05, 3.63) is 70.8 Å². The summed E-state index contributed by atoms with van der Waals surface area (Å²) in [6.07, 6.45) is 3.44. The number of rotatable bonds is 2. The summed E-state index contributed by atoms with van der Waals surface area (Å²) in [5.74, 6) is 0. The first-order valence-corrected chi connectivity index (χ1v) is 8.04. The Morgan fingerprint density at radius 2 is 1.19 bits per heavy atom. The van der Waals surface area contributed by atoms with E-state index < -0.39 is 0 Å². The van der Waals surface area contributed by atoms with E-state index in [1.54, 1.807) is 0 Å². The van der Waals surface area contributed by atoms with E-state index in [4.69, 9.17) is 0 Å². The molecule has 0 saturated heterocycles. The van der Waals surface area contributed by atoms with Gasteiger partial charge in [0, 0.05) is 12.1 Å². The van der Waals surface area contributed by atoms with Crippen LogP contribution in [-0.2, 0) is 12.8 Å². The van der Waals surface area contributed by atoms with Gasteiger partial charge < -0.3 is 10.6 Å². The third kappa shape index (κ3) is 2.50. The van der Waals surface area contributed by atoms with Crippen molar-refractivity contribution in [1.29, 1.82) is 0 Å². The summed E-state index contributed by atoms with van der Waals surface area (Å²) < 4.78 is 0. The third-order valence-corrected chi connectivity index (χ3v) is 4.90. The van der Waals surface area contributed by atoms with E-state index in [9.17, 15) is 0 Å². The van der Waals surface area contributed by atoms with Crippen molar-refractivity contribution < 1.29 is 0 Å². The van der Waals surface area contributed by atoms with E-state index in [1.807, 2.05) is 0 Å². The molecule has 2 aromatic rings. The van der Waals surface area contributed by atoms with Gasteiger partial charge in [0.05, 0.1) is 0 Å². The van der Waals surface area contributed by atoms with E-state index in [1.165, 1.54) is 22.3 Å². The molecule has 0 aromatic heterocycles. The summed E-state index contributed by atoms with van der Waals surface area (Å²) in [7, 11) is 0. The molecule has 0 aliphatic carbocycles. The predicted octanol–water partition coefficient (Wildman–Crippen LogP) is 3.15. The van der Waals surface area contributed by atoms with Gasteiger partial charge in [0.25, 0.3) is 0 Å². The molecule has 0 fully saturated rings. The molecule has 2 unspecified atom stereocenters. The average molecular weight is 278 g/mol. The lowest BCUT2D eigenvalue weighted by Gasteiger charge is -2.33. The van der Waals surface area contributed by atoms with Gasteiger partial charge in [-0.2, -0.15) is 0 Å². The zero-order valence-electron chi connectivity index (χ0n) is 12.3. The molecule has 0 bridgehead atoms. The van der Waals surface area contributed by atoms with Crippen LogP contribution in [0.4, 0.5) is 0 Å². The van der Waals surface area contributed by atoms with Crippen molar-refractivity contribution in [1.82, 2.24) is 10.6 Å². The summed E-state index contributed by atoms with van der Waals surface area (Å²) in [5.41, 5.74) is 6.03. The molecule has 0 spiro atoms. The predicted molar refractivity (Wildman–Crippen MR) is 86.4 cm³/mol. The summed E-state index contributed by atoms with van der Waals surface area (Å²) in [6.45, 7) is 2.19. The van der Waals surface area contributed by atoms with E-state index in [2.05, 4.69) is 59.2 Å². The van der Waals surface area contributed by atoms with E-state index in [-0.39, 0.29) is 0 Å². The third-order valence-electron chi connectivity index (χ3n) is 4.90. The van der Waals surface area contributed by atoms with Gasteiger partial charge in [0.1, 0.15) is 0 Å². The fraction of sp³-hybridized carbons (Fsp3) is 0.368.